The first-order chi connectivity index (χ1) is 15.0. The third-order valence-electron chi connectivity index (χ3n) is 6.17. The van der Waals surface area contributed by atoms with Gasteiger partial charge in [-0.3, -0.25) is 9.59 Å². The van der Waals surface area contributed by atoms with Crippen molar-refractivity contribution in [3.63, 3.8) is 0 Å². The van der Waals surface area contributed by atoms with Gasteiger partial charge in [0.2, 0.25) is 0 Å². The van der Waals surface area contributed by atoms with Crippen LogP contribution in [0.15, 0.2) is 30.4 Å². The molecule has 2 rings (SSSR count). The Labute approximate surface area is 189 Å². The van der Waals surface area contributed by atoms with Crippen molar-refractivity contribution in [2.75, 3.05) is 6.61 Å². The van der Waals surface area contributed by atoms with Crippen molar-refractivity contribution in [1.29, 1.82) is 0 Å². The second kappa shape index (κ2) is 14.3. The minimum atomic E-state index is -0.0897. The smallest absolute Gasteiger partial charge is 0.186 e. The normalized spacial score (nSPS) is 14.3. The van der Waals surface area contributed by atoms with E-state index < -0.39 is 0 Å². The number of ketones is 2. The van der Waals surface area contributed by atoms with Crippen LogP contribution in [0.2, 0.25) is 0 Å². The van der Waals surface area contributed by atoms with Crippen LogP contribution in [0.5, 0.6) is 0 Å². The van der Waals surface area contributed by atoms with Gasteiger partial charge in [0.25, 0.3) is 0 Å². The first-order valence-electron chi connectivity index (χ1n) is 12.5. The van der Waals surface area contributed by atoms with Gasteiger partial charge in [-0.15, -0.1) is 0 Å². The fourth-order valence-corrected chi connectivity index (χ4v) is 4.12. The van der Waals surface area contributed by atoms with Gasteiger partial charge < -0.3 is 4.74 Å². The predicted octanol–water partition coefficient (Wildman–Crippen LogP) is 8.04. The van der Waals surface area contributed by atoms with E-state index in [2.05, 4.69) is 20.8 Å². The molecule has 0 aromatic heterocycles. The predicted molar refractivity (Wildman–Crippen MR) is 129 cm³/mol. The zero-order chi connectivity index (χ0) is 22.5. The van der Waals surface area contributed by atoms with Gasteiger partial charge in [0.1, 0.15) is 0 Å². The average Bonchev–Trinajstić information content (AvgIpc) is 2.76. The molecule has 0 saturated heterocycles. The lowest BCUT2D eigenvalue weighted by atomic mass is 9.91. The highest BCUT2D eigenvalue weighted by Crippen LogP contribution is 2.28. The number of hydrogen-bond donors (Lipinski definition) is 0. The zero-order valence-electron chi connectivity index (χ0n) is 20.0. The van der Waals surface area contributed by atoms with Crippen LogP contribution >= 0.6 is 0 Å². The number of carbonyl (C=O) groups excluding carboxylic acids is 2. The van der Waals surface area contributed by atoms with Crippen molar-refractivity contribution in [1.82, 2.24) is 0 Å². The number of benzene rings is 1. The maximum Gasteiger partial charge on any atom is 0.186 e. The fourth-order valence-electron chi connectivity index (χ4n) is 4.12. The Morgan fingerprint density at radius 2 is 1.32 bits per heavy atom. The van der Waals surface area contributed by atoms with E-state index in [4.69, 9.17) is 4.74 Å². The lowest BCUT2D eigenvalue weighted by Gasteiger charge is -2.21. The maximum absolute atomic E-state index is 12.3. The Morgan fingerprint density at radius 1 is 0.742 bits per heavy atom. The minimum Gasteiger partial charge on any atom is -0.374 e. The largest absolute Gasteiger partial charge is 0.374 e. The lowest BCUT2D eigenvalue weighted by Crippen LogP contribution is -2.14. The van der Waals surface area contributed by atoms with Gasteiger partial charge in [-0.25, -0.2) is 0 Å². The van der Waals surface area contributed by atoms with E-state index in [1.807, 2.05) is 12.1 Å². The average molecular weight is 427 g/mol. The summed E-state index contributed by atoms with van der Waals surface area (Å²) >= 11 is 0. The topological polar surface area (TPSA) is 43.4 Å². The van der Waals surface area contributed by atoms with Gasteiger partial charge in [-0.05, 0) is 48.6 Å². The van der Waals surface area contributed by atoms with Crippen molar-refractivity contribution in [2.45, 2.75) is 104 Å². The van der Waals surface area contributed by atoms with Crippen molar-refractivity contribution in [2.24, 2.45) is 5.92 Å². The Morgan fingerprint density at radius 3 is 1.94 bits per heavy atom. The molecule has 3 nitrogen and oxygen atoms in total. The standard InChI is InChI=1S/C28H42O3/c1-4-5-6-7-8-9-10-11-12-13-14-28(31-20-19-22(2)3)23-15-16-24-25(21-23)27(30)18-17-26(24)29/h15-18,21-22,28H,4-14,19-20H2,1-3H3. The number of carbonyl (C=O) groups is 2. The molecule has 0 heterocycles. The summed E-state index contributed by atoms with van der Waals surface area (Å²) in [5.41, 5.74) is 2.05. The first-order valence-corrected chi connectivity index (χ1v) is 12.5. The van der Waals surface area contributed by atoms with E-state index >= 15 is 0 Å². The van der Waals surface area contributed by atoms with Crippen molar-refractivity contribution < 1.29 is 14.3 Å². The van der Waals surface area contributed by atoms with Gasteiger partial charge in [-0.1, -0.05) is 91.0 Å². The van der Waals surface area contributed by atoms with Crippen LogP contribution in [-0.4, -0.2) is 18.2 Å². The molecular formula is C28H42O3. The summed E-state index contributed by atoms with van der Waals surface area (Å²) in [5.74, 6) is 0.426. The summed E-state index contributed by atoms with van der Waals surface area (Å²) in [6.07, 6.45) is 17.9. The molecule has 0 fully saturated rings. The Bertz CT molecular complexity index is 717. The molecule has 1 atom stereocenters. The summed E-state index contributed by atoms with van der Waals surface area (Å²) in [6, 6.07) is 5.65. The monoisotopic (exact) mass is 426 g/mol. The third kappa shape index (κ3) is 9.11. The molecule has 1 aromatic carbocycles. The molecule has 1 aliphatic rings. The number of ether oxygens (including phenoxy) is 1. The summed E-state index contributed by atoms with van der Waals surface area (Å²) in [5, 5.41) is 0. The van der Waals surface area contributed by atoms with Crippen LogP contribution in [-0.2, 0) is 4.74 Å². The lowest BCUT2D eigenvalue weighted by molar-refractivity contribution is 0.0382. The first kappa shape index (κ1) is 25.5. The van der Waals surface area contributed by atoms with E-state index in [-0.39, 0.29) is 17.7 Å². The molecule has 0 amide bonds. The molecule has 0 bridgehead atoms. The molecule has 0 saturated carbocycles. The van der Waals surface area contributed by atoms with Crippen molar-refractivity contribution in [3.05, 3.63) is 47.0 Å². The summed E-state index contributed by atoms with van der Waals surface area (Å²) < 4.78 is 6.26. The number of hydrogen-bond acceptors (Lipinski definition) is 3. The summed E-state index contributed by atoms with van der Waals surface area (Å²) in [4.78, 5) is 24.3. The molecule has 31 heavy (non-hydrogen) atoms. The SMILES string of the molecule is CCCCCCCCCCCCC(OCCC(C)C)c1ccc2c(c1)C(=O)C=CC2=O. The molecule has 1 aromatic rings. The number of unbranched alkanes of at least 4 members (excludes halogenated alkanes) is 9. The van der Waals surface area contributed by atoms with Crippen LogP contribution in [0.1, 0.15) is 130 Å². The van der Waals surface area contributed by atoms with E-state index in [0.29, 0.717) is 17.0 Å². The van der Waals surface area contributed by atoms with Gasteiger partial charge >= 0.3 is 0 Å². The molecule has 1 unspecified atom stereocenters. The molecule has 3 heteroatoms. The maximum atomic E-state index is 12.3. The highest BCUT2D eigenvalue weighted by atomic mass is 16.5. The molecule has 0 N–H and O–H groups in total. The van der Waals surface area contributed by atoms with Crippen LogP contribution in [0.25, 0.3) is 0 Å². The van der Waals surface area contributed by atoms with E-state index in [0.717, 1.165) is 31.4 Å². The molecule has 172 valence electrons. The molecule has 1 aliphatic carbocycles. The molecule has 0 radical (unpaired) electrons. The number of allylic oxidation sites excluding steroid dienone is 2. The van der Waals surface area contributed by atoms with Crippen LogP contribution in [0.3, 0.4) is 0 Å². The molecule has 0 aliphatic heterocycles. The van der Waals surface area contributed by atoms with Crippen molar-refractivity contribution >= 4 is 11.6 Å². The van der Waals surface area contributed by atoms with Crippen LogP contribution in [0, 0.1) is 5.92 Å². The van der Waals surface area contributed by atoms with E-state index in [1.54, 1.807) is 6.07 Å². The minimum absolute atomic E-state index is 0.00750. The quantitative estimate of drug-likeness (QED) is 0.251. The van der Waals surface area contributed by atoms with E-state index in [9.17, 15) is 9.59 Å². The Kier molecular flexibility index (Phi) is 11.8. The third-order valence-corrected chi connectivity index (χ3v) is 6.17. The highest BCUT2D eigenvalue weighted by Gasteiger charge is 2.21. The summed E-state index contributed by atoms with van der Waals surface area (Å²) in [6.45, 7) is 7.40. The Hall–Kier alpha value is -1.74. The highest BCUT2D eigenvalue weighted by molar-refractivity contribution is 6.22. The van der Waals surface area contributed by atoms with Gasteiger partial charge in [0, 0.05) is 17.7 Å². The van der Waals surface area contributed by atoms with Crippen LogP contribution in [0.4, 0.5) is 0 Å². The van der Waals surface area contributed by atoms with Gasteiger partial charge in [-0.2, -0.15) is 0 Å². The fraction of sp³-hybridized carbons (Fsp3) is 0.643. The van der Waals surface area contributed by atoms with Crippen molar-refractivity contribution in [3.8, 4) is 0 Å². The molecular weight excluding hydrogens is 384 g/mol. The Balaban J connectivity index is 1.85. The molecule has 0 spiro atoms. The second-order valence-corrected chi connectivity index (χ2v) is 9.38. The second-order valence-electron chi connectivity index (χ2n) is 9.38. The number of fused-ring (bicyclic) bond motifs is 1. The number of rotatable bonds is 16. The summed E-state index contributed by atoms with van der Waals surface area (Å²) in [7, 11) is 0. The van der Waals surface area contributed by atoms with Gasteiger partial charge in [0.05, 0.1) is 6.10 Å². The van der Waals surface area contributed by atoms with Gasteiger partial charge in [0.15, 0.2) is 11.6 Å². The van der Waals surface area contributed by atoms with Crippen LogP contribution < -0.4 is 0 Å². The van der Waals surface area contributed by atoms with E-state index in [1.165, 1.54) is 69.9 Å². The zero-order valence-corrected chi connectivity index (χ0v) is 20.0.